The monoisotopic (exact) mass is 232 g/mol. The van der Waals surface area contributed by atoms with Crippen molar-refractivity contribution in [3.8, 4) is 5.75 Å². The Morgan fingerprint density at radius 3 is 2.47 bits per heavy atom. The van der Waals surface area contributed by atoms with Crippen molar-refractivity contribution in [1.82, 2.24) is 0 Å². The van der Waals surface area contributed by atoms with Crippen LogP contribution >= 0.6 is 0 Å². The van der Waals surface area contributed by atoms with Crippen LogP contribution in [0.25, 0.3) is 0 Å². The number of furan rings is 1. The van der Waals surface area contributed by atoms with Crippen molar-refractivity contribution < 1.29 is 14.3 Å². The van der Waals surface area contributed by atoms with E-state index in [9.17, 15) is 5.11 Å². The Balaban J connectivity index is 2.31. The second-order valence-electron chi connectivity index (χ2n) is 4.12. The van der Waals surface area contributed by atoms with Crippen LogP contribution in [0.2, 0.25) is 0 Å². The molecule has 1 unspecified atom stereocenters. The molecule has 1 aromatic carbocycles. The van der Waals surface area contributed by atoms with E-state index in [0.717, 1.165) is 28.2 Å². The highest BCUT2D eigenvalue weighted by Gasteiger charge is 2.13. The Morgan fingerprint density at radius 1 is 1.18 bits per heavy atom. The average molecular weight is 232 g/mol. The summed E-state index contributed by atoms with van der Waals surface area (Å²) >= 11 is 0. The van der Waals surface area contributed by atoms with E-state index >= 15 is 0 Å². The van der Waals surface area contributed by atoms with Crippen LogP contribution in [0.15, 0.2) is 34.9 Å². The molecule has 1 aromatic heterocycles. The molecule has 1 heterocycles. The maximum atomic E-state index is 10.2. The molecule has 0 bridgehead atoms. The summed E-state index contributed by atoms with van der Waals surface area (Å²) in [6.07, 6.45) is 0.927. The van der Waals surface area contributed by atoms with Gasteiger partial charge in [-0.2, -0.15) is 0 Å². The Bertz CT molecular complexity index is 514. The minimum atomic E-state index is -0.656. The normalized spacial score (nSPS) is 12.5. The Kier molecular flexibility index (Phi) is 3.20. The maximum absolute atomic E-state index is 10.2. The lowest BCUT2D eigenvalue weighted by Gasteiger charge is -2.11. The van der Waals surface area contributed by atoms with E-state index < -0.39 is 6.10 Å². The Labute approximate surface area is 101 Å². The molecule has 17 heavy (non-hydrogen) atoms. The molecular formula is C14H16O3. The van der Waals surface area contributed by atoms with Gasteiger partial charge < -0.3 is 14.3 Å². The van der Waals surface area contributed by atoms with Crippen molar-refractivity contribution in [1.29, 1.82) is 0 Å². The molecule has 3 nitrogen and oxygen atoms in total. The molecule has 2 rings (SSSR count). The van der Waals surface area contributed by atoms with Crippen LogP contribution in [-0.4, -0.2) is 12.2 Å². The molecule has 1 atom stereocenters. The second-order valence-corrected chi connectivity index (χ2v) is 4.12. The average Bonchev–Trinajstić information content (AvgIpc) is 2.75. The number of benzene rings is 1. The standard InChI is InChI=1S/C14H16O3/c1-9-6-11(4-5-13(9)16-3)14(15)12-7-10(2)17-8-12/h4-8,14-15H,1-3H3. The first-order valence-corrected chi connectivity index (χ1v) is 5.49. The van der Waals surface area contributed by atoms with Gasteiger partial charge in [0.05, 0.1) is 13.4 Å². The van der Waals surface area contributed by atoms with Gasteiger partial charge in [-0.15, -0.1) is 0 Å². The summed E-state index contributed by atoms with van der Waals surface area (Å²) in [5.41, 5.74) is 2.61. The molecule has 0 saturated carbocycles. The summed E-state index contributed by atoms with van der Waals surface area (Å²) in [5.74, 6) is 1.62. The third-order valence-corrected chi connectivity index (χ3v) is 2.80. The first-order valence-electron chi connectivity index (χ1n) is 5.49. The fourth-order valence-electron chi connectivity index (χ4n) is 1.87. The maximum Gasteiger partial charge on any atom is 0.121 e. The minimum Gasteiger partial charge on any atom is -0.496 e. The number of rotatable bonds is 3. The summed E-state index contributed by atoms with van der Waals surface area (Å²) in [5, 5.41) is 10.2. The first-order chi connectivity index (χ1) is 8.11. The third-order valence-electron chi connectivity index (χ3n) is 2.80. The molecule has 0 spiro atoms. The lowest BCUT2D eigenvalue weighted by molar-refractivity contribution is 0.219. The molecule has 0 aliphatic rings. The molecule has 0 radical (unpaired) electrons. The molecular weight excluding hydrogens is 216 g/mol. The van der Waals surface area contributed by atoms with E-state index in [-0.39, 0.29) is 0 Å². The summed E-state index contributed by atoms with van der Waals surface area (Å²) in [7, 11) is 1.64. The number of aryl methyl sites for hydroxylation is 2. The minimum absolute atomic E-state index is 0.656. The number of ether oxygens (including phenoxy) is 1. The summed E-state index contributed by atoms with van der Waals surface area (Å²) < 4.78 is 10.4. The molecule has 0 saturated heterocycles. The van der Waals surface area contributed by atoms with Crippen molar-refractivity contribution in [3.63, 3.8) is 0 Å². The molecule has 0 aliphatic heterocycles. The van der Waals surface area contributed by atoms with Gasteiger partial charge in [-0.1, -0.05) is 6.07 Å². The molecule has 90 valence electrons. The van der Waals surface area contributed by atoms with E-state index in [2.05, 4.69) is 0 Å². The van der Waals surface area contributed by atoms with Crippen LogP contribution in [0.1, 0.15) is 28.6 Å². The van der Waals surface area contributed by atoms with Gasteiger partial charge in [-0.05, 0) is 43.2 Å². The quantitative estimate of drug-likeness (QED) is 0.884. The zero-order valence-electron chi connectivity index (χ0n) is 10.2. The Hall–Kier alpha value is -1.74. The van der Waals surface area contributed by atoms with Crippen molar-refractivity contribution >= 4 is 0 Å². The van der Waals surface area contributed by atoms with Gasteiger partial charge in [0, 0.05) is 5.56 Å². The van der Waals surface area contributed by atoms with Gasteiger partial charge in [-0.25, -0.2) is 0 Å². The fourth-order valence-corrected chi connectivity index (χ4v) is 1.87. The fraction of sp³-hybridized carbons (Fsp3) is 0.286. The summed E-state index contributed by atoms with van der Waals surface area (Å²) in [6.45, 7) is 3.81. The predicted octanol–water partition coefficient (Wildman–Crippen LogP) is 2.99. The van der Waals surface area contributed by atoms with Crippen molar-refractivity contribution in [2.45, 2.75) is 20.0 Å². The van der Waals surface area contributed by atoms with Gasteiger partial charge in [0.1, 0.15) is 17.6 Å². The third kappa shape index (κ3) is 2.34. The number of hydrogen-bond acceptors (Lipinski definition) is 3. The van der Waals surface area contributed by atoms with Gasteiger partial charge in [0.15, 0.2) is 0 Å². The molecule has 3 heteroatoms. The van der Waals surface area contributed by atoms with Gasteiger partial charge in [-0.3, -0.25) is 0 Å². The number of aliphatic hydroxyl groups is 1. The molecule has 0 amide bonds. The van der Waals surface area contributed by atoms with Crippen LogP contribution in [-0.2, 0) is 0 Å². The van der Waals surface area contributed by atoms with Crippen molar-refractivity contribution in [2.24, 2.45) is 0 Å². The highest BCUT2D eigenvalue weighted by Crippen LogP contribution is 2.27. The number of methoxy groups -OCH3 is 1. The van der Waals surface area contributed by atoms with Crippen LogP contribution in [0.5, 0.6) is 5.75 Å². The van der Waals surface area contributed by atoms with E-state index in [1.807, 2.05) is 38.1 Å². The molecule has 1 N–H and O–H groups in total. The van der Waals surface area contributed by atoms with Gasteiger partial charge >= 0.3 is 0 Å². The number of hydrogen-bond donors (Lipinski definition) is 1. The number of aliphatic hydroxyl groups excluding tert-OH is 1. The van der Waals surface area contributed by atoms with Crippen LogP contribution in [0.3, 0.4) is 0 Å². The predicted molar refractivity (Wildman–Crippen MR) is 65.2 cm³/mol. The Morgan fingerprint density at radius 2 is 1.94 bits per heavy atom. The summed E-state index contributed by atoms with van der Waals surface area (Å²) in [6, 6.07) is 7.48. The van der Waals surface area contributed by atoms with Crippen molar-refractivity contribution in [2.75, 3.05) is 7.11 Å². The lowest BCUT2D eigenvalue weighted by Crippen LogP contribution is -1.99. The van der Waals surface area contributed by atoms with E-state index in [4.69, 9.17) is 9.15 Å². The van der Waals surface area contributed by atoms with Crippen LogP contribution in [0, 0.1) is 13.8 Å². The van der Waals surface area contributed by atoms with Gasteiger partial charge in [0.2, 0.25) is 0 Å². The van der Waals surface area contributed by atoms with E-state index in [1.165, 1.54) is 0 Å². The van der Waals surface area contributed by atoms with E-state index in [1.54, 1.807) is 13.4 Å². The smallest absolute Gasteiger partial charge is 0.121 e. The van der Waals surface area contributed by atoms with Crippen LogP contribution in [0.4, 0.5) is 0 Å². The highest BCUT2D eigenvalue weighted by molar-refractivity contribution is 5.39. The topological polar surface area (TPSA) is 42.6 Å². The zero-order valence-corrected chi connectivity index (χ0v) is 10.2. The lowest BCUT2D eigenvalue weighted by atomic mass is 10.0. The highest BCUT2D eigenvalue weighted by atomic mass is 16.5. The van der Waals surface area contributed by atoms with Gasteiger partial charge in [0.25, 0.3) is 0 Å². The molecule has 0 aliphatic carbocycles. The van der Waals surface area contributed by atoms with Crippen LogP contribution < -0.4 is 4.74 Å². The molecule has 0 fully saturated rings. The zero-order chi connectivity index (χ0) is 12.4. The molecule has 2 aromatic rings. The SMILES string of the molecule is COc1ccc(C(O)c2coc(C)c2)cc1C. The first kappa shape index (κ1) is 11.7. The second kappa shape index (κ2) is 4.63. The van der Waals surface area contributed by atoms with Crippen molar-refractivity contribution in [3.05, 3.63) is 53.0 Å². The summed E-state index contributed by atoms with van der Waals surface area (Å²) in [4.78, 5) is 0. The van der Waals surface area contributed by atoms with E-state index in [0.29, 0.717) is 0 Å². The largest absolute Gasteiger partial charge is 0.496 e.